The highest BCUT2D eigenvalue weighted by Gasteiger charge is 2.08. The minimum absolute atomic E-state index is 0.0520. The highest BCUT2D eigenvalue weighted by atomic mass is 19.3. The van der Waals surface area contributed by atoms with Gasteiger partial charge in [-0.3, -0.25) is 0 Å². The minimum Gasteiger partial charge on any atom is -0.478 e. The molecule has 0 fully saturated rings. The first kappa shape index (κ1) is 16.6. The molecular weight excluding hydrogens is 283 g/mol. The van der Waals surface area contributed by atoms with Crippen molar-refractivity contribution in [2.24, 2.45) is 0 Å². The van der Waals surface area contributed by atoms with Crippen molar-refractivity contribution < 1.29 is 23.1 Å². The molecule has 0 saturated heterocycles. The predicted molar refractivity (Wildman–Crippen MR) is 74.1 cm³/mol. The summed E-state index contributed by atoms with van der Waals surface area (Å²) in [4.78, 5) is 10.7. The maximum Gasteiger partial charge on any atom is 0.335 e. The predicted octanol–water partition coefficient (Wildman–Crippen LogP) is 3.58. The van der Waals surface area contributed by atoms with Gasteiger partial charge >= 0.3 is 5.97 Å². The van der Waals surface area contributed by atoms with Gasteiger partial charge in [-0.15, -0.1) is 0 Å². The topological polar surface area (TPSA) is 63.3 Å². The Hall–Kier alpha value is -2.50. The number of nitrogen functional groups attached to an aromatic ring is 1. The molecule has 0 amide bonds. The van der Waals surface area contributed by atoms with Gasteiger partial charge in [0.25, 0.3) is 0 Å². The summed E-state index contributed by atoms with van der Waals surface area (Å²) >= 11 is 0. The van der Waals surface area contributed by atoms with Crippen LogP contribution in [0.1, 0.15) is 21.5 Å². The van der Waals surface area contributed by atoms with E-state index in [9.17, 15) is 18.0 Å². The van der Waals surface area contributed by atoms with Gasteiger partial charge in [0.15, 0.2) is 0 Å². The third-order valence-electron chi connectivity index (χ3n) is 2.65. The minimum atomic E-state index is -1.75. The van der Waals surface area contributed by atoms with Gasteiger partial charge in [0.2, 0.25) is 6.93 Å². The number of aromatic carboxylic acids is 1. The highest BCUT2D eigenvalue weighted by molar-refractivity contribution is 5.87. The van der Waals surface area contributed by atoms with Crippen LogP contribution >= 0.6 is 0 Å². The summed E-state index contributed by atoms with van der Waals surface area (Å²) in [6, 6.07) is 11.1. The van der Waals surface area contributed by atoms with Crippen molar-refractivity contribution >= 4 is 11.7 Å². The van der Waals surface area contributed by atoms with Crippen LogP contribution in [0.2, 0.25) is 0 Å². The van der Waals surface area contributed by atoms with E-state index < -0.39 is 18.7 Å². The smallest absolute Gasteiger partial charge is 0.335 e. The lowest BCUT2D eigenvalue weighted by Gasteiger charge is -2.05. The number of carboxylic acid groups (broad SMARTS) is 1. The van der Waals surface area contributed by atoms with Crippen molar-refractivity contribution in [2.45, 2.75) is 6.42 Å². The summed E-state index contributed by atoms with van der Waals surface area (Å²) in [7, 11) is 0. The Morgan fingerprint density at radius 2 is 1.81 bits per heavy atom. The SMILES string of the molecule is FCF.Nc1cccc(Cc2ccc(C(=O)O)cc2F)c1. The number of hydrogen-bond donors (Lipinski definition) is 2. The number of benzene rings is 2. The van der Waals surface area contributed by atoms with Gasteiger partial charge in [-0.2, -0.15) is 0 Å². The molecule has 0 atom stereocenters. The molecule has 0 spiro atoms. The van der Waals surface area contributed by atoms with Gasteiger partial charge in [0.05, 0.1) is 5.56 Å². The van der Waals surface area contributed by atoms with Gasteiger partial charge in [-0.05, 0) is 35.4 Å². The van der Waals surface area contributed by atoms with Gasteiger partial charge in [0.1, 0.15) is 5.82 Å². The van der Waals surface area contributed by atoms with E-state index >= 15 is 0 Å². The fraction of sp³-hybridized carbons (Fsp3) is 0.133. The molecule has 112 valence electrons. The van der Waals surface area contributed by atoms with Gasteiger partial charge in [-0.25, -0.2) is 18.0 Å². The van der Waals surface area contributed by atoms with Gasteiger partial charge in [0, 0.05) is 12.1 Å². The van der Waals surface area contributed by atoms with E-state index in [1.54, 1.807) is 18.2 Å². The largest absolute Gasteiger partial charge is 0.478 e. The van der Waals surface area contributed by atoms with E-state index in [-0.39, 0.29) is 5.56 Å². The number of nitrogens with two attached hydrogens (primary N) is 1. The Morgan fingerprint density at radius 3 is 2.33 bits per heavy atom. The number of halogens is 3. The van der Waals surface area contributed by atoms with Crippen molar-refractivity contribution in [3.8, 4) is 0 Å². The molecule has 3 N–H and O–H groups in total. The summed E-state index contributed by atoms with van der Waals surface area (Å²) in [5.41, 5.74) is 7.55. The third kappa shape index (κ3) is 5.18. The molecule has 0 aromatic heterocycles. The van der Waals surface area contributed by atoms with E-state index in [1.165, 1.54) is 12.1 Å². The van der Waals surface area contributed by atoms with Crippen LogP contribution < -0.4 is 5.73 Å². The van der Waals surface area contributed by atoms with Crippen molar-refractivity contribution in [1.29, 1.82) is 0 Å². The highest BCUT2D eigenvalue weighted by Crippen LogP contribution is 2.16. The second kappa shape index (κ2) is 7.94. The van der Waals surface area contributed by atoms with Gasteiger partial charge in [-0.1, -0.05) is 18.2 Å². The number of alkyl halides is 2. The molecular formula is C15H14F3NO2. The number of hydrogen-bond acceptors (Lipinski definition) is 2. The average Bonchev–Trinajstić information content (AvgIpc) is 2.42. The zero-order valence-corrected chi connectivity index (χ0v) is 11.0. The molecule has 6 heteroatoms. The zero-order chi connectivity index (χ0) is 15.8. The van der Waals surface area contributed by atoms with E-state index in [1.807, 2.05) is 6.07 Å². The molecule has 2 aromatic rings. The van der Waals surface area contributed by atoms with Crippen LogP contribution in [0.25, 0.3) is 0 Å². The normalized spacial score (nSPS) is 9.67. The van der Waals surface area contributed by atoms with E-state index in [0.29, 0.717) is 17.7 Å². The summed E-state index contributed by atoms with van der Waals surface area (Å²) in [6.45, 7) is -1.75. The van der Waals surface area contributed by atoms with Crippen molar-refractivity contribution in [3.05, 3.63) is 65.0 Å². The fourth-order valence-electron chi connectivity index (χ4n) is 1.75. The van der Waals surface area contributed by atoms with E-state index in [4.69, 9.17) is 10.8 Å². The Bertz CT molecular complexity index is 618. The molecule has 0 heterocycles. The summed E-state index contributed by atoms with van der Waals surface area (Å²) in [5.74, 6) is -1.65. The first-order valence-electron chi connectivity index (χ1n) is 5.96. The van der Waals surface area contributed by atoms with Crippen LogP contribution in [-0.2, 0) is 6.42 Å². The quantitative estimate of drug-likeness (QED) is 0.851. The second-order valence-corrected chi connectivity index (χ2v) is 4.13. The molecule has 2 rings (SSSR count). The molecule has 2 aromatic carbocycles. The first-order chi connectivity index (χ1) is 9.97. The zero-order valence-electron chi connectivity index (χ0n) is 11.0. The van der Waals surface area contributed by atoms with Crippen LogP contribution in [-0.4, -0.2) is 18.0 Å². The maximum absolute atomic E-state index is 13.7. The molecule has 0 bridgehead atoms. The molecule has 0 saturated carbocycles. The lowest BCUT2D eigenvalue weighted by molar-refractivity contribution is 0.0696. The maximum atomic E-state index is 13.7. The number of carboxylic acids is 1. The fourth-order valence-corrected chi connectivity index (χ4v) is 1.75. The molecule has 21 heavy (non-hydrogen) atoms. The van der Waals surface area contributed by atoms with E-state index in [2.05, 4.69) is 0 Å². The lowest BCUT2D eigenvalue weighted by Crippen LogP contribution is -2.00. The Labute approximate surface area is 119 Å². The van der Waals surface area contributed by atoms with Gasteiger partial charge < -0.3 is 10.8 Å². The molecule has 0 aliphatic rings. The van der Waals surface area contributed by atoms with E-state index in [0.717, 1.165) is 11.6 Å². The lowest BCUT2D eigenvalue weighted by atomic mass is 10.0. The third-order valence-corrected chi connectivity index (χ3v) is 2.65. The Balaban J connectivity index is 0.000000677. The number of anilines is 1. The van der Waals surface area contributed by atoms with Crippen LogP contribution in [0.4, 0.5) is 18.9 Å². The molecule has 3 nitrogen and oxygen atoms in total. The summed E-state index contributed by atoms with van der Waals surface area (Å²) < 4.78 is 33.0. The van der Waals surface area contributed by atoms with Crippen molar-refractivity contribution in [3.63, 3.8) is 0 Å². The summed E-state index contributed by atoms with van der Waals surface area (Å²) in [6.07, 6.45) is 0.386. The monoisotopic (exact) mass is 297 g/mol. The molecule has 0 radical (unpaired) electrons. The van der Waals surface area contributed by atoms with Crippen LogP contribution in [0.3, 0.4) is 0 Å². The standard InChI is InChI=1S/C14H12FNO2.CH2F2/c15-13-8-11(14(17)18)5-4-10(13)6-9-2-1-3-12(16)7-9;2-1-3/h1-5,7-8H,6,16H2,(H,17,18);1H2. The Kier molecular flexibility index (Phi) is 6.26. The summed E-state index contributed by atoms with van der Waals surface area (Å²) in [5, 5.41) is 8.74. The van der Waals surface area contributed by atoms with Crippen LogP contribution in [0, 0.1) is 5.82 Å². The van der Waals surface area contributed by atoms with Crippen LogP contribution in [0.5, 0.6) is 0 Å². The molecule has 0 aliphatic carbocycles. The number of rotatable bonds is 3. The molecule has 0 unspecified atom stereocenters. The van der Waals surface area contributed by atoms with Crippen LogP contribution in [0.15, 0.2) is 42.5 Å². The second-order valence-electron chi connectivity index (χ2n) is 4.13. The van der Waals surface area contributed by atoms with Crippen molar-refractivity contribution in [1.82, 2.24) is 0 Å². The first-order valence-corrected chi connectivity index (χ1v) is 5.96. The van der Waals surface area contributed by atoms with Crippen molar-refractivity contribution in [2.75, 3.05) is 12.7 Å². The Morgan fingerprint density at radius 1 is 1.14 bits per heavy atom. The average molecular weight is 297 g/mol. The molecule has 0 aliphatic heterocycles. The number of carbonyl (C=O) groups is 1.